The van der Waals surface area contributed by atoms with Crippen molar-refractivity contribution in [2.75, 3.05) is 26.2 Å². The van der Waals surface area contributed by atoms with Crippen molar-refractivity contribution in [3.63, 3.8) is 0 Å². The van der Waals surface area contributed by atoms with Crippen molar-refractivity contribution in [3.8, 4) is 0 Å². The first-order valence-electron chi connectivity index (χ1n) is 9.20. The molecule has 1 spiro atoms. The zero-order chi connectivity index (χ0) is 18.0. The highest BCUT2D eigenvalue weighted by Crippen LogP contribution is 2.33. The Morgan fingerprint density at radius 2 is 2.12 bits per heavy atom. The fourth-order valence-corrected chi connectivity index (χ4v) is 3.85. The van der Waals surface area contributed by atoms with Crippen LogP contribution in [0.2, 0.25) is 0 Å². The molecule has 3 heterocycles. The highest BCUT2D eigenvalue weighted by atomic mass is 19.1. The molecule has 2 aliphatic rings. The van der Waals surface area contributed by atoms with Crippen molar-refractivity contribution in [1.29, 1.82) is 0 Å². The van der Waals surface area contributed by atoms with Gasteiger partial charge in [0.15, 0.2) is 0 Å². The molecule has 1 atom stereocenters. The van der Waals surface area contributed by atoms with E-state index in [1.54, 1.807) is 12.3 Å². The zero-order valence-corrected chi connectivity index (χ0v) is 15.4. The van der Waals surface area contributed by atoms with Crippen molar-refractivity contribution < 1.29 is 13.9 Å². The summed E-state index contributed by atoms with van der Waals surface area (Å²) in [6, 6.07) is 3.27. The van der Waals surface area contributed by atoms with E-state index in [0.717, 1.165) is 32.5 Å². The fraction of sp³-hybridized carbons (Fsp3) is 0.684. The summed E-state index contributed by atoms with van der Waals surface area (Å²) in [5.74, 6) is -0.139. The maximum atomic E-state index is 13.7. The van der Waals surface area contributed by atoms with Crippen LogP contribution in [-0.4, -0.2) is 64.6 Å². The number of carbonyl (C=O) groups excluding carboxylic acids is 1. The molecule has 2 saturated heterocycles. The number of hydrogen-bond donors (Lipinski definition) is 0. The van der Waals surface area contributed by atoms with Crippen LogP contribution in [0.3, 0.4) is 0 Å². The maximum absolute atomic E-state index is 13.7. The Hall–Kier alpha value is -1.53. The molecule has 138 valence electrons. The summed E-state index contributed by atoms with van der Waals surface area (Å²) in [5, 5.41) is 0. The zero-order valence-electron chi connectivity index (χ0n) is 15.4. The molecular weight excluding hydrogens is 321 g/mol. The second-order valence-corrected chi connectivity index (χ2v) is 7.53. The summed E-state index contributed by atoms with van der Waals surface area (Å²) in [4.78, 5) is 20.7. The smallest absolute Gasteiger partial charge is 0.251 e. The molecule has 0 aliphatic carbocycles. The monoisotopic (exact) mass is 349 g/mol. The average Bonchev–Trinajstić information content (AvgIpc) is 2.59. The van der Waals surface area contributed by atoms with Crippen LogP contribution in [0.4, 0.5) is 4.39 Å². The summed E-state index contributed by atoms with van der Waals surface area (Å²) < 4.78 is 19.8. The van der Waals surface area contributed by atoms with Gasteiger partial charge in [0.2, 0.25) is 0 Å². The molecule has 6 heteroatoms. The number of likely N-dealkylation sites (tertiary alicyclic amines) is 1. The van der Waals surface area contributed by atoms with E-state index in [0.29, 0.717) is 18.7 Å². The van der Waals surface area contributed by atoms with Crippen LogP contribution in [-0.2, 0) is 16.0 Å². The Morgan fingerprint density at radius 3 is 2.76 bits per heavy atom. The summed E-state index contributed by atoms with van der Waals surface area (Å²) in [6.07, 6.45) is 3.69. The molecule has 0 bridgehead atoms. The number of amides is 1. The molecule has 2 fully saturated rings. The summed E-state index contributed by atoms with van der Waals surface area (Å²) in [5.41, 5.74) is 0.298. The van der Waals surface area contributed by atoms with Gasteiger partial charge in [0, 0.05) is 38.3 Å². The van der Waals surface area contributed by atoms with Crippen molar-refractivity contribution in [3.05, 3.63) is 29.8 Å². The van der Waals surface area contributed by atoms with E-state index in [4.69, 9.17) is 4.74 Å². The molecule has 1 aromatic heterocycles. The first-order valence-corrected chi connectivity index (χ1v) is 9.20. The van der Waals surface area contributed by atoms with Crippen molar-refractivity contribution in [2.24, 2.45) is 0 Å². The van der Waals surface area contributed by atoms with Crippen LogP contribution >= 0.6 is 0 Å². The summed E-state index contributed by atoms with van der Waals surface area (Å²) >= 11 is 0. The van der Waals surface area contributed by atoms with Gasteiger partial charge in [-0.1, -0.05) is 0 Å². The van der Waals surface area contributed by atoms with Crippen LogP contribution in [0.5, 0.6) is 0 Å². The highest BCUT2D eigenvalue weighted by molar-refractivity contribution is 5.81. The van der Waals surface area contributed by atoms with E-state index in [2.05, 4.69) is 23.7 Å². The highest BCUT2D eigenvalue weighted by Gasteiger charge is 2.45. The first-order chi connectivity index (χ1) is 11.9. The lowest BCUT2D eigenvalue weighted by Crippen LogP contribution is -2.62. The van der Waals surface area contributed by atoms with Gasteiger partial charge in [-0.05, 0) is 45.7 Å². The van der Waals surface area contributed by atoms with E-state index in [-0.39, 0.29) is 29.5 Å². The minimum atomic E-state index is -0.370. The largest absolute Gasteiger partial charge is 0.360 e. The number of hydrogen-bond acceptors (Lipinski definition) is 4. The molecule has 0 aromatic carbocycles. The predicted octanol–water partition coefficient (Wildman–Crippen LogP) is 2.25. The number of halogens is 1. The molecule has 0 unspecified atom stereocenters. The van der Waals surface area contributed by atoms with Gasteiger partial charge in [0.05, 0.1) is 17.8 Å². The second kappa shape index (κ2) is 7.38. The number of rotatable bonds is 4. The number of nitrogens with zero attached hydrogens (tertiary/aromatic N) is 3. The Bertz CT molecular complexity index is 614. The molecule has 1 aromatic rings. The molecule has 0 radical (unpaired) electrons. The van der Waals surface area contributed by atoms with Crippen LogP contribution in [0.25, 0.3) is 0 Å². The molecule has 1 amide bonds. The van der Waals surface area contributed by atoms with Crippen LogP contribution in [0.15, 0.2) is 18.3 Å². The molecule has 2 aliphatic heterocycles. The molecule has 25 heavy (non-hydrogen) atoms. The topological polar surface area (TPSA) is 45.7 Å². The van der Waals surface area contributed by atoms with Gasteiger partial charge in [-0.15, -0.1) is 0 Å². The minimum Gasteiger partial charge on any atom is -0.360 e. The standard InChI is InChI=1S/C19H28FN3O2/c1-14(2)23-13-19(25-15(3)18(23)24)7-11-22(12-8-19)10-6-17-16(20)5-4-9-21-17/h4-5,9,14-15H,6-8,10-13H2,1-3H3/t15-/m1/s1. The SMILES string of the molecule is CC(C)N1CC2(CCN(CCc3ncccc3F)CC2)O[C@H](C)C1=O. The first kappa shape index (κ1) is 18.3. The lowest BCUT2D eigenvalue weighted by molar-refractivity contribution is -0.192. The lowest BCUT2D eigenvalue weighted by Gasteiger charge is -2.50. The number of piperidine rings is 1. The quantitative estimate of drug-likeness (QED) is 0.836. The van der Waals surface area contributed by atoms with Crippen LogP contribution < -0.4 is 0 Å². The van der Waals surface area contributed by atoms with Crippen molar-refractivity contribution in [1.82, 2.24) is 14.8 Å². The normalized spacial score (nSPS) is 24.3. The number of ether oxygens (including phenoxy) is 1. The average molecular weight is 349 g/mol. The maximum Gasteiger partial charge on any atom is 0.251 e. The third-order valence-electron chi connectivity index (χ3n) is 5.41. The van der Waals surface area contributed by atoms with E-state index in [1.165, 1.54) is 6.07 Å². The molecule has 0 saturated carbocycles. The molecule has 3 rings (SSSR count). The van der Waals surface area contributed by atoms with E-state index in [1.807, 2.05) is 11.8 Å². The van der Waals surface area contributed by atoms with Gasteiger partial charge in [0.25, 0.3) is 5.91 Å². The molecule has 5 nitrogen and oxygen atoms in total. The Balaban J connectivity index is 1.56. The van der Waals surface area contributed by atoms with E-state index < -0.39 is 0 Å². The van der Waals surface area contributed by atoms with Crippen molar-refractivity contribution in [2.45, 2.75) is 57.8 Å². The Kier molecular flexibility index (Phi) is 5.39. The number of pyridine rings is 1. The van der Waals surface area contributed by atoms with Gasteiger partial charge >= 0.3 is 0 Å². The van der Waals surface area contributed by atoms with Gasteiger partial charge in [-0.2, -0.15) is 0 Å². The van der Waals surface area contributed by atoms with Gasteiger partial charge < -0.3 is 14.5 Å². The third kappa shape index (κ3) is 4.01. The summed E-state index contributed by atoms with van der Waals surface area (Å²) in [6.45, 7) is 9.25. The minimum absolute atomic E-state index is 0.0914. The van der Waals surface area contributed by atoms with Crippen LogP contribution in [0, 0.1) is 5.82 Å². The Morgan fingerprint density at radius 1 is 1.40 bits per heavy atom. The second-order valence-electron chi connectivity index (χ2n) is 7.53. The number of aromatic nitrogens is 1. The van der Waals surface area contributed by atoms with Gasteiger partial charge in [-0.25, -0.2) is 4.39 Å². The molecule has 0 N–H and O–H groups in total. The molecular formula is C19H28FN3O2. The summed E-state index contributed by atoms with van der Waals surface area (Å²) in [7, 11) is 0. The predicted molar refractivity (Wildman–Crippen MR) is 93.7 cm³/mol. The van der Waals surface area contributed by atoms with Crippen LogP contribution in [0.1, 0.15) is 39.3 Å². The van der Waals surface area contributed by atoms with Gasteiger partial charge in [0.1, 0.15) is 11.9 Å². The van der Waals surface area contributed by atoms with Crippen molar-refractivity contribution >= 4 is 5.91 Å². The fourth-order valence-electron chi connectivity index (χ4n) is 3.85. The van der Waals surface area contributed by atoms with Gasteiger partial charge in [-0.3, -0.25) is 9.78 Å². The number of carbonyl (C=O) groups is 1. The third-order valence-corrected chi connectivity index (χ3v) is 5.41. The van der Waals surface area contributed by atoms with E-state index in [9.17, 15) is 9.18 Å². The lowest BCUT2D eigenvalue weighted by atomic mass is 9.88. The Labute approximate surface area is 149 Å². The number of morpholine rings is 1. The van der Waals surface area contributed by atoms with E-state index >= 15 is 0 Å².